The van der Waals surface area contributed by atoms with Crippen molar-refractivity contribution in [3.8, 4) is 17.0 Å². The number of hydrogen-bond donors (Lipinski definition) is 2. The number of carbonyl (C=O) groups is 1. The van der Waals surface area contributed by atoms with Crippen LogP contribution >= 0.6 is 0 Å². The van der Waals surface area contributed by atoms with Gasteiger partial charge in [0.15, 0.2) is 11.6 Å². The molecule has 1 aliphatic heterocycles. The van der Waals surface area contributed by atoms with Gasteiger partial charge in [-0.2, -0.15) is 0 Å². The molecular formula is C26H30FN5O4S. The zero-order chi connectivity index (χ0) is 27.0. The first-order chi connectivity index (χ1) is 17.4. The normalized spacial score (nSPS) is 17.0. The van der Waals surface area contributed by atoms with E-state index in [0.29, 0.717) is 24.8 Å². The number of pyridine rings is 2. The fourth-order valence-corrected chi connectivity index (χ4v) is 5.83. The third kappa shape index (κ3) is 5.22. The van der Waals surface area contributed by atoms with Gasteiger partial charge in [0, 0.05) is 23.8 Å². The maximum atomic E-state index is 15.2. The van der Waals surface area contributed by atoms with Crippen LogP contribution in [0.5, 0.6) is 5.75 Å². The number of aromatic nitrogens is 2. The molecule has 9 nitrogen and oxygen atoms in total. The standard InChI is InChI=1S/C26H30FN5O4S/c1-5-36-20-9-6-8-17(22(20)27)19-12-11-18(24(30-19)32-15-16(2)14-26(32,3)4)25(33)31-37(34,35)21-10-7-13-29-23(21)28/h6-13,16H,5,14-15H2,1-4H3,(H2,28,29)(H,31,33)/t16-/m0/s1. The molecule has 1 atom stereocenters. The summed E-state index contributed by atoms with van der Waals surface area (Å²) in [4.78, 5) is 23.5. The van der Waals surface area contributed by atoms with Crippen LogP contribution in [0.15, 0.2) is 53.6 Å². The minimum absolute atomic E-state index is 0.0401. The maximum absolute atomic E-state index is 15.2. The Hall–Kier alpha value is -3.73. The van der Waals surface area contributed by atoms with Gasteiger partial charge in [0.25, 0.3) is 15.9 Å². The van der Waals surface area contributed by atoms with Crippen molar-refractivity contribution in [1.82, 2.24) is 14.7 Å². The number of nitrogens with one attached hydrogen (secondary N) is 1. The van der Waals surface area contributed by atoms with Crippen molar-refractivity contribution in [2.24, 2.45) is 5.92 Å². The van der Waals surface area contributed by atoms with E-state index in [0.717, 1.165) is 6.42 Å². The number of hydrogen-bond acceptors (Lipinski definition) is 8. The molecule has 2 aromatic heterocycles. The summed E-state index contributed by atoms with van der Waals surface area (Å²) in [6, 6.07) is 10.4. The van der Waals surface area contributed by atoms with Crippen LogP contribution < -0.4 is 20.1 Å². The molecule has 37 heavy (non-hydrogen) atoms. The van der Waals surface area contributed by atoms with E-state index in [1.165, 1.54) is 36.5 Å². The summed E-state index contributed by atoms with van der Waals surface area (Å²) >= 11 is 0. The van der Waals surface area contributed by atoms with Gasteiger partial charge in [-0.15, -0.1) is 0 Å². The third-order valence-corrected chi connectivity index (χ3v) is 7.68. The van der Waals surface area contributed by atoms with Crippen molar-refractivity contribution < 1.29 is 22.3 Å². The molecule has 1 aliphatic rings. The second-order valence-corrected chi connectivity index (χ2v) is 11.3. The van der Waals surface area contributed by atoms with Crippen LogP contribution in [0.3, 0.4) is 0 Å². The van der Waals surface area contributed by atoms with E-state index < -0.39 is 21.7 Å². The van der Waals surface area contributed by atoms with Gasteiger partial charge in [0.05, 0.1) is 17.9 Å². The largest absolute Gasteiger partial charge is 0.491 e. The van der Waals surface area contributed by atoms with Gasteiger partial charge in [-0.3, -0.25) is 4.79 Å². The second kappa shape index (κ2) is 9.97. The van der Waals surface area contributed by atoms with Crippen molar-refractivity contribution in [3.63, 3.8) is 0 Å². The molecule has 1 amide bonds. The number of nitrogen functional groups attached to an aromatic ring is 1. The zero-order valence-electron chi connectivity index (χ0n) is 21.2. The minimum atomic E-state index is -4.31. The van der Waals surface area contributed by atoms with Gasteiger partial charge in [-0.25, -0.2) is 27.5 Å². The average molecular weight is 528 g/mol. The van der Waals surface area contributed by atoms with Crippen LogP contribution in [0.2, 0.25) is 0 Å². The zero-order valence-corrected chi connectivity index (χ0v) is 22.0. The van der Waals surface area contributed by atoms with Crippen LogP contribution in [0.4, 0.5) is 16.0 Å². The van der Waals surface area contributed by atoms with Gasteiger partial charge in [0.2, 0.25) is 0 Å². The highest BCUT2D eigenvalue weighted by atomic mass is 32.2. The van der Waals surface area contributed by atoms with Crippen LogP contribution in [0, 0.1) is 11.7 Å². The van der Waals surface area contributed by atoms with Gasteiger partial charge >= 0.3 is 0 Å². The highest BCUT2D eigenvalue weighted by Crippen LogP contribution is 2.39. The highest BCUT2D eigenvalue weighted by Gasteiger charge is 2.39. The molecule has 1 saturated heterocycles. The molecule has 0 bridgehead atoms. The lowest BCUT2D eigenvalue weighted by molar-refractivity contribution is 0.0981. The lowest BCUT2D eigenvalue weighted by Crippen LogP contribution is -2.41. The molecule has 0 aliphatic carbocycles. The number of halogens is 1. The molecule has 196 valence electrons. The Morgan fingerprint density at radius 1 is 1.24 bits per heavy atom. The maximum Gasteiger partial charge on any atom is 0.268 e. The molecule has 0 unspecified atom stereocenters. The number of ether oxygens (including phenoxy) is 1. The fourth-order valence-electron chi connectivity index (χ4n) is 4.78. The molecule has 1 fully saturated rings. The van der Waals surface area contributed by atoms with Crippen molar-refractivity contribution in [1.29, 1.82) is 0 Å². The van der Waals surface area contributed by atoms with E-state index in [1.807, 2.05) is 18.7 Å². The summed E-state index contributed by atoms with van der Waals surface area (Å²) in [5.74, 6) is -1.01. The summed E-state index contributed by atoms with van der Waals surface area (Å²) in [5, 5.41) is 0. The molecule has 3 aromatic rings. The summed E-state index contributed by atoms with van der Waals surface area (Å²) in [6.07, 6.45) is 2.19. The summed E-state index contributed by atoms with van der Waals surface area (Å²) in [6.45, 7) is 8.79. The number of nitrogens with two attached hydrogens (primary N) is 1. The van der Waals surface area contributed by atoms with Crippen molar-refractivity contribution in [3.05, 3.63) is 60.0 Å². The van der Waals surface area contributed by atoms with Gasteiger partial charge in [-0.05, 0) is 69.5 Å². The van der Waals surface area contributed by atoms with E-state index >= 15 is 4.39 Å². The molecule has 0 saturated carbocycles. The number of carbonyl (C=O) groups excluding carboxylic acids is 1. The molecule has 4 rings (SSSR count). The monoisotopic (exact) mass is 527 g/mol. The van der Waals surface area contributed by atoms with Gasteiger partial charge < -0.3 is 15.4 Å². The van der Waals surface area contributed by atoms with E-state index in [-0.39, 0.29) is 38.9 Å². The second-order valence-electron chi connectivity index (χ2n) is 9.67. The molecule has 11 heteroatoms. The summed E-state index contributed by atoms with van der Waals surface area (Å²) in [7, 11) is -4.31. The van der Waals surface area contributed by atoms with Gasteiger partial charge in [0.1, 0.15) is 16.5 Å². The number of anilines is 2. The smallest absolute Gasteiger partial charge is 0.268 e. The average Bonchev–Trinajstić information content (AvgIpc) is 3.11. The number of benzene rings is 1. The van der Waals surface area contributed by atoms with Crippen molar-refractivity contribution >= 4 is 27.6 Å². The Labute approximate surface area is 215 Å². The SMILES string of the molecule is CCOc1cccc(-c2ccc(C(=O)NS(=O)(=O)c3cccnc3N)c(N3C[C@@H](C)CC3(C)C)n2)c1F. The van der Waals surface area contributed by atoms with E-state index in [9.17, 15) is 13.2 Å². The predicted molar refractivity (Wildman–Crippen MR) is 139 cm³/mol. The van der Waals surface area contributed by atoms with Crippen molar-refractivity contribution in [2.45, 2.75) is 44.6 Å². The van der Waals surface area contributed by atoms with Crippen molar-refractivity contribution in [2.75, 3.05) is 23.8 Å². The lowest BCUT2D eigenvalue weighted by Gasteiger charge is -2.34. The Morgan fingerprint density at radius 2 is 2.00 bits per heavy atom. The van der Waals surface area contributed by atoms with Gasteiger partial charge in [-0.1, -0.05) is 13.0 Å². The van der Waals surface area contributed by atoms with Crippen LogP contribution in [0.1, 0.15) is 44.5 Å². The number of rotatable bonds is 7. The number of sulfonamides is 1. The Balaban J connectivity index is 1.81. The van der Waals surface area contributed by atoms with Crippen LogP contribution in [-0.2, 0) is 10.0 Å². The van der Waals surface area contributed by atoms with E-state index in [1.54, 1.807) is 19.1 Å². The summed E-state index contributed by atoms with van der Waals surface area (Å²) < 4.78 is 48.5. The molecule has 1 aromatic carbocycles. The lowest BCUT2D eigenvalue weighted by atomic mass is 9.97. The number of nitrogens with zero attached hydrogens (tertiary/aromatic N) is 3. The highest BCUT2D eigenvalue weighted by molar-refractivity contribution is 7.90. The Morgan fingerprint density at radius 3 is 2.65 bits per heavy atom. The Kier molecular flexibility index (Phi) is 7.09. The predicted octanol–water partition coefficient (Wildman–Crippen LogP) is 4.01. The quantitative estimate of drug-likeness (QED) is 0.472. The first-order valence-corrected chi connectivity index (χ1v) is 13.4. The Bertz CT molecular complexity index is 1440. The first kappa shape index (κ1) is 26.3. The molecule has 3 heterocycles. The minimum Gasteiger partial charge on any atom is -0.491 e. The van der Waals surface area contributed by atoms with E-state index in [2.05, 4.69) is 16.6 Å². The molecular weight excluding hydrogens is 497 g/mol. The first-order valence-electron chi connectivity index (χ1n) is 11.9. The third-order valence-electron chi connectivity index (χ3n) is 6.30. The molecule has 0 radical (unpaired) electrons. The van der Waals surface area contributed by atoms with Crippen LogP contribution in [0.25, 0.3) is 11.3 Å². The molecule has 0 spiro atoms. The fraction of sp³-hybridized carbons (Fsp3) is 0.346. The number of amides is 1. The van der Waals surface area contributed by atoms with E-state index in [4.69, 9.17) is 15.5 Å². The molecule has 3 N–H and O–H groups in total. The van der Waals surface area contributed by atoms with Crippen LogP contribution in [-0.4, -0.2) is 43.0 Å². The topological polar surface area (TPSA) is 128 Å². The summed E-state index contributed by atoms with van der Waals surface area (Å²) in [5.41, 5.74) is 5.89.